The molecule has 1 amide bonds. The Labute approximate surface area is 132 Å². The summed E-state index contributed by atoms with van der Waals surface area (Å²) in [6, 6.07) is 8.17. The number of nitrogen functional groups attached to an aromatic ring is 1. The number of anilines is 2. The van der Waals surface area contributed by atoms with Crippen LogP contribution in [0, 0.1) is 6.92 Å². The Bertz CT molecular complexity index is 669. The van der Waals surface area contributed by atoms with Gasteiger partial charge in [0.25, 0.3) is 0 Å². The molecule has 1 aliphatic rings. The largest absolute Gasteiger partial charge is 0.375 e. The van der Waals surface area contributed by atoms with Gasteiger partial charge < -0.3 is 10.6 Å². The Morgan fingerprint density at radius 1 is 1.48 bits per heavy atom. The van der Waals surface area contributed by atoms with E-state index in [1.807, 2.05) is 30.0 Å². The molecule has 3 rings (SSSR count). The summed E-state index contributed by atoms with van der Waals surface area (Å²) < 4.78 is 1.03. The molecular weight excluding hydrogens is 302 g/mol. The molecule has 0 unspecified atom stereocenters. The van der Waals surface area contributed by atoms with Gasteiger partial charge in [-0.15, -0.1) is 11.8 Å². The first-order valence-corrected chi connectivity index (χ1v) is 8.69. The summed E-state index contributed by atoms with van der Waals surface area (Å²) in [4.78, 5) is 18.6. The molecular formula is C15H17N3OS2. The molecule has 1 aromatic carbocycles. The van der Waals surface area contributed by atoms with Crippen molar-refractivity contribution in [2.24, 2.45) is 0 Å². The number of hydrogen-bond donors (Lipinski definition) is 1. The summed E-state index contributed by atoms with van der Waals surface area (Å²) >= 11 is 2.98. The quantitative estimate of drug-likeness (QED) is 0.883. The van der Waals surface area contributed by atoms with E-state index < -0.39 is 0 Å². The molecule has 0 saturated heterocycles. The summed E-state index contributed by atoms with van der Waals surface area (Å²) in [6.45, 7) is 2.73. The third kappa shape index (κ3) is 3.06. The number of fused-ring (bicyclic) bond motifs is 1. The number of para-hydroxylation sites is 1. The SMILES string of the molecule is Cc1nc(N)sc1SCC(=O)N1CCCc2ccccc21. The van der Waals surface area contributed by atoms with Crippen LogP contribution in [0.15, 0.2) is 28.5 Å². The molecule has 110 valence electrons. The fraction of sp³-hybridized carbons (Fsp3) is 0.333. The molecule has 2 aromatic rings. The Hall–Kier alpha value is -1.53. The third-order valence-corrected chi connectivity index (χ3v) is 5.84. The van der Waals surface area contributed by atoms with Crippen molar-refractivity contribution < 1.29 is 4.79 Å². The fourth-order valence-corrected chi connectivity index (χ4v) is 4.43. The van der Waals surface area contributed by atoms with Crippen molar-refractivity contribution in [1.82, 2.24) is 4.98 Å². The van der Waals surface area contributed by atoms with Gasteiger partial charge in [-0.2, -0.15) is 0 Å². The van der Waals surface area contributed by atoms with Crippen molar-refractivity contribution in [3.05, 3.63) is 35.5 Å². The number of hydrogen-bond acceptors (Lipinski definition) is 5. The van der Waals surface area contributed by atoms with Gasteiger partial charge in [0.1, 0.15) is 0 Å². The molecule has 0 spiro atoms. The predicted octanol–water partition coefficient (Wildman–Crippen LogP) is 3.11. The van der Waals surface area contributed by atoms with Gasteiger partial charge in [0, 0.05) is 12.2 Å². The number of thiazole rings is 1. The summed E-state index contributed by atoms with van der Waals surface area (Å²) in [5.41, 5.74) is 8.93. The van der Waals surface area contributed by atoms with E-state index in [0.29, 0.717) is 10.9 Å². The first kappa shape index (κ1) is 14.4. The topological polar surface area (TPSA) is 59.2 Å². The minimum atomic E-state index is 0.151. The van der Waals surface area contributed by atoms with Crippen molar-refractivity contribution in [3.8, 4) is 0 Å². The number of benzene rings is 1. The number of nitrogens with two attached hydrogens (primary N) is 1. The molecule has 0 saturated carbocycles. The lowest BCUT2D eigenvalue weighted by molar-refractivity contribution is -0.116. The van der Waals surface area contributed by atoms with E-state index in [0.717, 1.165) is 35.0 Å². The van der Waals surface area contributed by atoms with Crippen LogP contribution in [0.5, 0.6) is 0 Å². The number of rotatable bonds is 3. The van der Waals surface area contributed by atoms with Gasteiger partial charge in [0.15, 0.2) is 5.13 Å². The first-order chi connectivity index (χ1) is 10.1. The van der Waals surface area contributed by atoms with E-state index in [9.17, 15) is 4.79 Å². The van der Waals surface area contributed by atoms with Crippen LogP contribution in [0.25, 0.3) is 0 Å². The molecule has 2 N–H and O–H groups in total. The Kier molecular flexibility index (Phi) is 4.17. The highest BCUT2D eigenvalue weighted by Gasteiger charge is 2.22. The number of carbonyl (C=O) groups is 1. The second-order valence-corrected chi connectivity index (χ2v) is 7.27. The molecule has 0 bridgehead atoms. The Morgan fingerprint density at radius 2 is 2.29 bits per heavy atom. The van der Waals surface area contributed by atoms with E-state index in [2.05, 4.69) is 11.1 Å². The van der Waals surface area contributed by atoms with Gasteiger partial charge in [-0.25, -0.2) is 4.98 Å². The lowest BCUT2D eigenvalue weighted by atomic mass is 10.0. The van der Waals surface area contributed by atoms with E-state index in [4.69, 9.17) is 5.73 Å². The van der Waals surface area contributed by atoms with E-state index in [1.165, 1.54) is 28.7 Å². The van der Waals surface area contributed by atoms with Crippen LogP contribution in [-0.2, 0) is 11.2 Å². The highest BCUT2D eigenvalue weighted by Crippen LogP contribution is 2.32. The van der Waals surface area contributed by atoms with Gasteiger partial charge in [-0.05, 0) is 31.4 Å². The smallest absolute Gasteiger partial charge is 0.237 e. The zero-order valence-electron chi connectivity index (χ0n) is 11.8. The van der Waals surface area contributed by atoms with E-state index >= 15 is 0 Å². The minimum absolute atomic E-state index is 0.151. The van der Waals surface area contributed by atoms with Crippen molar-refractivity contribution in [2.75, 3.05) is 22.9 Å². The minimum Gasteiger partial charge on any atom is -0.375 e. The second kappa shape index (κ2) is 6.07. The summed E-state index contributed by atoms with van der Waals surface area (Å²) in [5.74, 6) is 0.579. The second-order valence-electron chi connectivity index (χ2n) is 4.99. The van der Waals surface area contributed by atoms with Crippen molar-refractivity contribution in [3.63, 3.8) is 0 Å². The molecule has 1 aromatic heterocycles. The molecule has 21 heavy (non-hydrogen) atoms. The van der Waals surface area contributed by atoms with Crippen molar-refractivity contribution in [2.45, 2.75) is 24.0 Å². The van der Waals surface area contributed by atoms with E-state index in [-0.39, 0.29) is 5.91 Å². The fourth-order valence-electron chi connectivity index (χ4n) is 2.53. The zero-order valence-corrected chi connectivity index (χ0v) is 13.5. The molecule has 0 aliphatic carbocycles. The van der Waals surface area contributed by atoms with Gasteiger partial charge in [-0.1, -0.05) is 29.5 Å². The molecule has 2 heterocycles. The van der Waals surface area contributed by atoms with Crippen molar-refractivity contribution >= 4 is 39.8 Å². The summed E-state index contributed by atoms with van der Waals surface area (Å²) in [7, 11) is 0. The van der Waals surface area contributed by atoms with Crippen LogP contribution in [0.2, 0.25) is 0 Å². The molecule has 0 atom stereocenters. The monoisotopic (exact) mass is 319 g/mol. The van der Waals surface area contributed by atoms with Crippen LogP contribution in [-0.4, -0.2) is 23.2 Å². The number of nitrogens with zero attached hydrogens (tertiary/aromatic N) is 2. The van der Waals surface area contributed by atoms with Crippen molar-refractivity contribution in [1.29, 1.82) is 0 Å². The molecule has 6 heteroatoms. The average Bonchev–Trinajstić information content (AvgIpc) is 2.82. The normalized spacial score (nSPS) is 14.0. The Morgan fingerprint density at radius 3 is 3.05 bits per heavy atom. The number of amides is 1. The lowest BCUT2D eigenvalue weighted by Crippen LogP contribution is -2.36. The highest BCUT2D eigenvalue weighted by atomic mass is 32.2. The van der Waals surface area contributed by atoms with Crippen LogP contribution in [0.3, 0.4) is 0 Å². The number of aryl methyl sites for hydroxylation is 2. The first-order valence-electron chi connectivity index (χ1n) is 6.89. The number of carbonyl (C=O) groups excluding carboxylic acids is 1. The maximum Gasteiger partial charge on any atom is 0.237 e. The van der Waals surface area contributed by atoms with Gasteiger partial charge in [0.2, 0.25) is 5.91 Å². The average molecular weight is 319 g/mol. The van der Waals surface area contributed by atoms with Crippen LogP contribution < -0.4 is 10.6 Å². The van der Waals surface area contributed by atoms with Crippen LogP contribution in [0.4, 0.5) is 10.8 Å². The highest BCUT2D eigenvalue weighted by molar-refractivity contribution is 8.01. The standard InChI is InChI=1S/C15H17N3OS2/c1-10-14(21-15(16)17-10)20-9-13(19)18-8-4-6-11-5-2-3-7-12(11)18/h2-3,5,7H,4,6,8-9H2,1H3,(H2,16,17). The number of thioether (sulfide) groups is 1. The zero-order chi connectivity index (χ0) is 14.8. The van der Waals surface area contributed by atoms with Crippen LogP contribution in [0.1, 0.15) is 17.7 Å². The summed E-state index contributed by atoms with van der Waals surface area (Å²) in [5, 5.41) is 0.561. The maximum absolute atomic E-state index is 12.5. The van der Waals surface area contributed by atoms with Gasteiger partial charge in [-0.3, -0.25) is 4.79 Å². The lowest BCUT2D eigenvalue weighted by Gasteiger charge is -2.29. The van der Waals surface area contributed by atoms with E-state index in [1.54, 1.807) is 0 Å². The molecule has 4 nitrogen and oxygen atoms in total. The summed E-state index contributed by atoms with van der Waals surface area (Å²) in [6.07, 6.45) is 2.08. The Balaban J connectivity index is 1.70. The molecule has 1 aliphatic heterocycles. The molecule has 0 fully saturated rings. The van der Waals surface area contributed by atoms with Gasteiger partial charge in [0.05, 0.1) is 15.7 Å². The van der Waals surface area contributed by atoms with Gasteiger partial charge >= 0.3 is 0 Å². The molecule has 0 radical (unpaired) electrons. The maximum atomic E-state index is 12.5. The predicted molar refractivity (Wildman–Crippen MR) is 89.1 cm³/mol. The van der Waals surface area contributed by atoms with Crippen LogP contribution >= 0.6 is 23.1 Å². The third-order valence-electron chi connectivity index (χ3n) is 3.51. The number of aromatic nitrogens is 1.